The van der Waals surface area contributed by atoms with E-state index < -0.39 is 12.2 Å². The fourth-order valence-corrected chi connectivity index (χ4v) is 4.24. The number of carbonyl (C=O) groups excluding carboxylic acids is 2. The number of aromatic nitrogens is 2. The van der Waals surface area contributed by atoms with Gasteiger partial charge in [0.2, 0.25) is 0 Å². The average molecular weight is 441 g/mol. The lowest BCUT2D eigenvalue weighted by Gasteiger charge is -2.14. The van der Waals surface area contributed by atoms with Gasteiger partial charge in [-0.15, -0.1) is 0 Å². The maximum absolute atomic E-state index is 13.2. The zero-order valence-electron chi connectivity index (χ0n) is 18.0. The van der Waals surface area contributed by atoms with Crippen molar-refractivity contribution in [1.82, 2.24) is 14.7 Å². The van der Waals surface area contributed by atoms with Crippen molar-refractivity contribution in [3.63, 3.8) is 0 Å². The van der Waals surface area contributed by atoms with E-state index in [-0.39, 0.29) is 12.5 Å². The van der Waals surface area contributed by atoms with E-state index in [0.717, 1.165) is 16.9 Å². The molecule has 1 saturated carbocycles. The quantitative estimate of drug-likeness (QED) is 0.650. The van der Waals surface area contributed by atoms with Crippen LogP contribution in [0.2, 0.25) is 0 Å². The highest BCUT2D eigenvalue weighted by atomic mass is 16.6. The van der Waals surface area contributed by atoms with Gasteiger partial charge in [-0.2, -0.15) is 10.4 Å². The van der Waals surface area contributed by atoms with Crippen LogP contribution < -0.4 is 5.73 Å². The van der Waals surface area contributed by atoms with Crippen LogP contribution in [-0.2, 0) is 4.74 Å². The first-order chi connectivity index (χ1) is 16.0. The molecule has 8 nitrogen and oxygen atoms in total. The highest BCUT2D eigenvalue weighted by Crippen LogP contribution is 2.40. The summed E-state index contributed by atoms with van der Waals surface area (Å²) in [6, 6.07) is 19.4. The molecule has 1 aliphatic carbocycles. The van der Waals surface area contributed by atoms with Crippen LogP contribution in [0.4, 0.5) is 4.79 Å². The van der Waals surface area contributed by atoms with E-state index in [1.54, 1.807) is 27.8 Å². The molecule has 1 saturated heterocycles. The molecular formula is C25H23N5O3. The molecule has 3 aromatic rings. The summed E-state index contributed by atoms with van der Waals surface area (Å²) in [5.41, 5.74) is 9.76. The highest BCUT2D eigenvalue weighted by molar-refractivity contribution is 5.94. The number of nitriles is 1. The molecule has 5 rings (SSSR count). The average Bonchev–Trinajstić information content (AvgIpc) is 3.42. The van der Waals surface area contributed by atoms with Gasteiger partial charge in [0.05, 0.1) is 29.6 Å². The van der Waals surface area contributed by atoms with E-state index in [1.165, 1.54) is 18.4 Å². The van der Waals surface area contributed by atoms with Crippen molar-refractivity contribution in [3.8, 4) is 23.0 Å². The first-order valence-corrected chi connectivity index (χ1v) is 11.0. The van der Waals surface area contributed by atoms with Crippen LogP contribution in [0.3, 0.4) is 0 Å². The molecule has 2 N–H and O–H groups in total. The zero-order chi connectivity index (χ0) is 22.9. The van der Waals surface area contributed by atoms with Crippen molar-refractivity contribution >= 4 is 12.0 Å². The van der Waals surface area contributed by atoms with Crippen molar-refractivity contribution in [2.45, 2.75) is 31.3 Å². The summed E-state index contributed by atoms with van der Waals surface area (Å²) < 4.78 is 6.81. The van der Waals surface area contributed by atoms with Crippen LogP contribution in [0.5, 0.6) is 0 Å². The van der Waals surface area contributed by atoms with E-state index in [9.17, 15) is 9.59 Å². The van der Waals surface area contributed by atoms with Crippen LogP contribution in [0, 0.1) is 11.3 Å². The fourth-order valence-electron chi connectivity index (χ4n) is 4.24. The number of carbonyl (C=O) groups is 2. The number of rotatable bonds is 5. The molecule has 1 aromatic heterocycles. The van der Waals surface area contributed by atoms with Crippen molar-refractivity contribution in [1.29, 1.82) is 5.26 Å². The Hall–Kier alpha value is -4.12. The maximum Gasteiger partial charge on any atom is 0.404 e. The van der Waals surface area contributed by atoms with Gasteiger partial charge in [-0.3, -0.25) is 4.79 Å². The van der Waals surface area contributed by atoms with Crippen LogP contribution in [0.25, 0.3) is 16.9 Å². The fraction of sp³-hybridized carbons (Fsp3) is 0.280. The van der Waals surface area contributed by atoms with Gasteiger partial charge in [-0.1, -0.05) is 24.3 Å². The molecule has 166 valence electrons. The van der Waals surface area contributed by atoms with Gasteiger partial charge >= 0.3 is 6.09 Å². The number of hydrogen-bond acceptors (Lipinski definition) is 5. The number of primary amides is 1. The SMILES string of the molecule is N#Cc1ccc(-c2cc(C(=O)N3CCC(OC(N)=O)C3)nn2-c2ccc(C3CC3)cc2)cc1. The minimum absolute atomic E-state index is 0.228. The topological polar surface area (TPSA) is 114 Å². The van der Waals surface area contributed by atoms with Gasteiger partial charge in [0.15, 0.2) is 5.69 Å². The number of hydrogen-bond donors (Lipinski definition) is 1. The lowest BCUT2D eigenvalue weighted by atomic mass is 10.1. The van der Waals surface area contributed by atoms with Crippen molar-refractivity contribution in [2.24, 2.45) is 5.73 Å². The molecule has 2 aromatic carbocycles. The third-order valence-electron chi connectivity index (χ3n) is 6.14. The summed E-state index contributed by atoms with van der Waals surface area (Å²) in [5.74, 6) is 0.423. The standard InChI is InChI=1S/C25H23N5O3/c26-14-16-1-3-19(4-2-16)23-13-22(24(31)29-12-11-21(15-29)33-25(27)32)28-30(23)20-9-7-18(8-10-20)17-5-6-17/h1-4,7-10,13,17,21H,5-6,11-12,15H2,(H2,27,32). The monoisotopic (exact) mass is 441 g/mol. The lowest BCUT2D eigenvalue weighted by Crippen LogP contribution is -2.31. The molecule has 1 atom stereocenters. The number of benzene rings is 2. The number of amides is 2. The predicted molar refractivity (Wildman–Crippen MR) is 121 cm³/mol. The molecule has 0 bridgehead atoms. The molecule has 2 fully saturated rings. The highest BCUT2D eigenvalue weighted by Gasteiger charge is 2.31. The van der Waals surface area contributed by atoms with E-state index >= 15 is 0 Å². The van der Waals surface area contributed by atoms with E-state index in [2.05, 4.69) is 23.3 Å². The second-order valence-corrected chi connectivity index (χ2v) is 8.48. The Morgan fingerprint density at radius 2 is 1.79 bits per heavy atom. The summed E-state index contributed by atoms with van der Waals surface area (Å²) in [5, 5.41) is 13.8. The van der Waals surface area contributed by atoms with Gasteiger partial charge in [0, 0.05) is 18.5 Å². The number of ether oxygens (including phenoxy) is 1. The molecule has 2 amide bonds. The summed E-state index contributed by atoms with van der Waals surface area (Å²) >= 11 is 0. The van der Waals surface area contributed by atoms with E-state index in [0.29, 0.717) is 30.1 Å². The van der Waals surface area contributed by atoms with E-state index in [4.69, 9.17) is 15.7 Å². The first-order valence-electron chi connectivity index (χ1n) is 11.0. The lowest BCUT2D eigenvalue weighted by molar-refractivity contribution is 0.0733. The summed E-state index contributed by atoms with van der Waals surface area (Å²) in [6.07, 6.45) is 1.76. The molecule has 8 heteroatoms. The Morgan fingerprint density at radius 1 is 1.06 bits per heavy atom. The first kappa shape index (κ1) is 20.8. The molecule has 2 aliphatic rings. The van der Waals surface area contributed by atoms with Crippen LogP contribution in [0.1, 0.15) is 46.8 Å². The van der Waals surface area contributed by atoms with E-state index in [1.807, 2.05) is 24.3 Å². The molecule has 0 spiro atoms. The van der Waals surface area contributed by atoms with Crippen LogP contribution >= 0.6 is 0 Å². The van der Waals surface area contributed by atoms with Crippen molar-refractivity contribution in [2.75, 3.05) is 13.1 Å². The minimum atomic E-state index is -0.837. The van der Waals surface area contributed by atoms with Gasteiger partial charge in [-0.25, -0.2) is 9.48 Å². The number of nitrogens with two attached hydrogens (primary N) is 1. The summed E-state index contributed by atoms with van der Waals surface area (Å²) in [7, 11) is 0. The zero-order valence-corrected chi connectivity index (χ0v) is 18.0. The van der Waals surface area contributed by atoms with Gasteiger partial charge < -0.3 is 15.4 Å². The van der Waals surface area contributed by atoms with Crippen molar-refractivity contribution < 1.29 is 14.3 Å². The van der Waals surface area contributed by atoms with Crippen molar-refractivity contribution in [3.05, 3.63) is 71.4 Å². The Bertz CT molecular complexity index is 1240. The third kappa shape index (κ3) is 4.30. The number of nitrogens with zero attached hydrogens (tertiary/aromatic N) is 4. The Kier molecular flexibility index (Phi) is 5.31. The van der Waals surface area contributed by atoms with Gasteiger partial charge in [-0.05, 0) is 54.7 Å². The van der Waals surface area contributed by atoms with Crippen LogP contribution in [-0.4, -0.2) is 45.9 Å². The second-order valence-electron chi connectivity index (χ2n) is 8.48. The predicted octanol–water partition coefficient (Wildman–Crippen LogP) is 3.60. The third-order valence-corrected chi connectivity index (χ3v) is 6.14. The normalized spacial score (nSPS) is 17.5. The Balaban J connectivity index is 1.48. The summed E-state index contributed by atoms with van der Waals surface area (Å²) in [6.45, 7) is 0.753. The summed E-state index contributed by atoms with van der Waals surface area (Å²) in [4.78, 5) is 25.9. The molecule has 1 unspecified atom stereocenters. The van der Waals surface area contributed by atoms with Gasteiger partial charge in [0.25, 0.3) is 5.91 Å². The molecule has 1 aliphatic heterocycles. The molecule has 33 heavy (non-hydrogen) atoms. The largest absolute Gasteiger partial charge is 0.444 e. The molecular weight excluding hydrogens is 418 g/mol. The second kappa shape index (κ2) is 8.43. The Morgan fingerprint density at radius 3 is 2.42 bits per heavy atom. The van der Waals surface area contributed by atoms with Crippen LogP contribution in [0.15, 0.2) is 54.6 Å². The smallest absolute Gasteiger partial charge is 0.404 e. The Labute approximate surface area is 191 Å². The maximum atomic E-state index is 13.2. The molecule has 0 radical (unpaired) electrons. The minimum Gasteiger partial charge on any atom is -0.444 e. The van der Waals surface area contributed by atoms with Gasteiger partial charge in [0.1, 0.15) is 6.10 Å². The molecule has 2 heterocycles. The number of likely N-dealkylation sites (tertiary alicyclic amines) is 1.